The molecule has 5 nitrogen and oxygen atoms in total. The molecule has 1 atom stereocenters. The normalized spacial score (nSPS) is 26.2. The van der Waals surface area contributed by atoms with Crippen LogP contribution >= 0.6 is 0 Å². The van der Waals surface area contributed by atoms with Crippen molar-refractivity contribution in [3.63, 3.8) is 0 Å². The van der Waals surface area contributed by atoms with Crippen LogP contribution in [0, 0.1) is 5.92 Å². The van der Waals surface area contributed by atoms with Crippen molar-refractivity contribution in [2.24, 2.45) is 11.7 Å². The predicted molar refractivity (Wildman–Crippen MR) is 84.0 cm³/mol. The lowest BCUT2D eigenvalue weighted by Crippen LogP contribution is -2.53. The number of carbonyl (C=O) groups is 1. The lowest BCUT2D eigenvalue weighted by molar-refractivity contribution is -0.131. The number of rotatable bonds is 6. The van der Waals surface area contributed by atoms with E-state index < -0.39 is 0 Å². The van der Waals surface area contributed by atoms with E-state index in [1.807, 2.05) is 4.90 Å². The summed E-state index contributed by atoms with van der Waals surface area (Å²) in [6.45, 7) is 8.21. The second-order valence-electron chi connectivity index (χ2n) is 6.96. The van der Waals surface area contributed by atoms with Crippen LogP contribution in [0.5, 0.6) is 0 Å². The monoisotopic (exact) mass is 294 g/mol. The standard InChI is InChI=1S/C16H30N4O/c17-12-15(11-16(21)20-5-1-2-6-20)19-9-7-18(8-10-19)13-14-3-4-14/h14-15H,1-13,17H2. The molecule has 3 fully saturated rings. The Balaban J connectivity index is 1.43. The molecule has 0 aromatic heterocycles. The highest BCUT2D eigenvalue weighted by Gasteiger charge is 2.30. The Morgan fingerprint density at radius 1 is 1.05 bits per heavy atom. The Morgan fingerprint density at radius 3 is 2.29 bits per heavy atom. The summed E-state index contributed by atoms with van der Waals surface area (Å²) in [6.07, 6.45) is 5.79. The first-order valence-corrected chi connectivity index (χ1v) is 8.70. The second-order valence-corrected chi connectivity index (χ2v) is 6.96. The van der Waals surface area contributed by atoms with Crippen LogP contribution in [0.15, 0.2) is 0 Å². The van der Waals surface area contributed by atoms with Gasteiger partial charge in [0.2, 0.25) is 5.91 Å². The van der Waals surface area contributed by atoms with Gasteiger partial charge in [-0.25, -0.2) is 0 Å². The highest BCUT2D eigenvalue weighted by atomic mass is 16.2. The first kappa shape index (κ1) is 15.3. The molecule has 1 unspecified atom stereocenters. The highest BCUT2D eigenvalue weighted by molar-refractivity contribution is 5.77. The molecule has 1 saturated carbocycles. The van der Waals surface area contributed by atoms with Crippen molar-refractivity contribution < 1.29 is 4.79 Å². The van der Waals surface area contributed by atoms with Gasteiger partial charge in [0.1, 0.15) is 0 Å². The van der Waals surface area contributed by atoms with Crippen LogP contribution < -0.4 is 5.73 Å². The van der Waals surface area contributed by atoms with Gasteiger partial charge < -0.3 is 15.5 Å². The first-order chi connectivity index (χ1) is 10.3. The van der Waals surface area contributed by atoms with Gasteiger partial charge in [-0.2, -0.15) is 0 Å². The number of amides is 1. The maximum atomic E-state index is 12.3. The minimum Gasteiger partial charge on any atom is -0.343 e. The number of hydrogen-bond donors (Lipinski definition) is 1. The summed E-state index contributed by atoms with van der Waals surface area (Å²) in [5, 5.41) is 0. The molecule has 0 bridgehead atoms. The predicted octanol–water partition coefficient (Wildman–Crippen LogP) is 0.354. The molecule has 5 heteroatoms. The van der Waals surface area contributed by atoms with Gasteiger partial charge >= 0.3 is 0 Å². The quantitative estimate of drug-likeness (QED) is 0.768. The average Bonchev–Trinajstić information content (AvgIpc) is 3.15. The van der Waals surface area contributed by atoms with E-state index in [2.05, 4.69) is 9.80 Å². The van der Waals surface area contributed by atoms with Crippen LogP contribution in [-0.4, -0.2) is 79.0 Å². The zero-order chi connectivity index (χ0) is 14.7. The Kier molecular flexibility index (Phi) is 5.14. The van der Waals surface area contributed by atoms with Gasteiger partial charge in [-0.15, -0.1) is 0 Å². The molecule has 0 aromatic rings. The molecule has 0 spiro atoms. The molecule has 0 aromatic carbocycles. The van der Waals surface area contributed by atoms with Crippen molar-refractivity contribution in [1.82, 2.24) is 14.7 Å². The van der Waals surface area contributed by atoms with E-state index in [1.165, 1.54) is 32.2 Å². The van der Waals surface area contributed by atoms with Crippen molar-refractivity contribution >= 4 is 5.91 Å². The molecule has 2 saturated heterocycles. The molecule has 2 heterocycles. The number of nitrogens with zero attached hydrogens (tertiary/aromatic N) is 3. The fourth-order valence-corrected chi connectivity index (χ4v) is 3.64. The van der Waals surface area contributed by atoms with E-state index in [-0.39, 0.29) is 6.04 Å². The summed E-state index contributed by atoms with van der Waals surface area (Å²) >= 11 is 0. The van der Waals surface area contributed by atoms with Crippen LogP contribution in [0.3, 0.4) is 0 Å². The number of hydrogen-bond acceptors (Lipinski definition) is 4. The Morgan fingerprint density at radius 2 is 1.71 bits per heavy atom. The summed E-state index contributed by atoms with van der Waals surface area (Å²) in [7, 11) is 0. The molecule has 2 N–H and O–H groups in total. The van der Waals surface area contributed by atoms with Crippen LogP contribution in [-0.2, 0) is 4.79 Å². The maximum Gasteiger partial charge on any atom is 0.224 e. The largest absolute Gasteiger partial charge is 0.343 e. The van der Waals surface area contributed by atoms with Crippen molar-refractivity contribution in [2.45, 2.75) is 38.1 Å². The molecular formula is C16H30N4O. The molecule has 1 aliphatic carbocycles. The molecule has 21 heavy (non-hydrogen) atoms. The van der Waals surface area contributed by atoms with Crippen LogP contribution in [0.25, 0.3) is 0 Å². The molecule has 1 amide bonds. The van der Waals surface area contributed by atoms with Gasteiger partial charge in [0, 0.05) is 64.8 Å². The van der Waals surface area contributed by atoms with Crippen molar-refractivity contribution in [3.05, 3.63) is 0 Å². The average molecular weight is 294 g/mol. The molecule has 120 valence electrons. The van der Waals surface area contributed by atoms with Gasteiger partial charge in [0.25, 0.3) is 0 Å². The van der Waals surface area contributed by atoms with Gasteiger partial charge in [-0.05, 0) is 31.6 Å². The Hall–Kier alpha value is -0.650. The Bertz CT molecular complexity index is 344. The third-order valence-electron chi connectivity index (χ3n) is 5.28. The van der Waals surface area contributed by atoms with E-state index in [0.29, 0.717) is 18.9 Å². The van der Waals surface area contributed by atoms with Crippen molar-refractivity contribution in [2.75, 3.05) is 52.4 Å². The third-order valence-corrected chi connectivity index (χ3v) is 5.28. The van der Waals surface area contributed by atoms with Crippen LogP contribution in [0.2, 0.25) is 0 Å². The molecule has 3 aliphatic rings. The van der Waals surface area contributed by atoms with E-state index >= 15 is 0 Å². The highest BCUT2D eigenvalue weighted by Crippen LogP contribution is 2.30. The summed E-state index contributed by atoms with van der Waals surface area (Å²) in [5.41, 5.74) is 5.95. The second kappa shape index (κ2) is 7.07. The summed E-state index contributed by atoms with van der Waals surface area (Å²) in [5.74, 6) is 1.28. The smallest absolute Gasteiger partial charge is 0.224 e. The fourth-order valence-electron chi connectivity index (χ4n) is 3.64. The summed E-state index contributed by atoms with van der Waals surface area (Å²) in [6, 6.07) is 0.237. The van der Waals surface area contributed by atoms with Gasteiger partial charge in [-0.1, -0.05) is 0 Å². The zero-order valence-corrected chi connectivity index (χ0v) is 13.2. The van der Waals surface area contributed by atoms with Gasteiger partial charge in [0.05, 0.1) is 0 Å². The van der Waals surface area contributed by atoms with E-state index in [9.17, 15) is 4.79 Å². The minimum atomic E-state index is 0.237. The van der Waals surface area contributed by atoms with Gasteiger partial charge in [0.15, 0.2) is 0 Å². The number of nitrogens with two attached hydrogens (primary N) is 1. The topological polar surface area (TPSA) is 52.8 Å². The van der Waals surface area contributed by atoms with Crippen molar-refractivity contribution in [3.8, 4) is 0 Å². The molecular weight excluding hydrogens is 264 g/mol. The van der Waals surface area contributed by atoms with E-state index in [4.69, 9.17) is 5.73 Å². The number of piperazine rings is 1. The lowest BCUT2D eigenvalue weighted by atomic mass is 10.1. The third kappa shape index (κ3) is 4.18. The lowest BCUT2D eigenvalue weighted by Gasteiger charge is -2.39. The number of carbonyl (C=O) groups excluding carboxylic acids is 1. The Labute approximate surface area is 128 Å². The summed E-state index contributed by atoms with van der Waals surface area (Å²) in [4.78, 5) is 19.4. The molecule has 0 radical (unpaired) electrons. The molecule has 2 aliphatic heterocycles. The summed E-state index contributed by atoms with van der Waals surface area (Å²) < 4.78 is 0. The molecule has 3 rings (SSSR count). The van der Waals surface area contributed by atoms with Gasteiger partial charge in [-0.3, -0.25) is 9.69 Å². The van der Waals surface area contributed by atoms with Crippen LogP contribution in [0.1, 0.15) is 32.1 Å². The minimum absolute atomic E-state index is 0.237. The van der Waals surface area contributed by atoms with Crippen molar-refractivity contribution in [1.29, 1.82) is 0 Å². The van der Waals surface area contributed by atoms with E-state index in [1.54, 1.807) is 0 Å². The SMILES string of the molecule is NCC(CC(=O)N1CCCC1)N1CCN(CC2CC2)CC1. The van der Waals surface area contributed by atoms with Crippen LogP contribution in [0.4, 0.5) is 0 Å². The maximum absolute atomic E-state index is 12.3. The number of likely N-dealkylation sites (tertiary alicyclic amines) is 1. The fraction of sp³-hybridized carbons (Fsp3) is 0.938. The van der Waals surface area contributed by atoms with E-state index in [0.717, 1.165) is 45.2 Å². The zero-order valence-electron chi connectivity index (χ0n) is 13.2. The first-order valence-electron chi connectivity index (χ1n) is 8.70.